The monoisotopic (exact) mass is 440 g/mol. The summed E-state index contributed by atoms with van der Waals surface area (Å²) in [5, 5.41) is 5.03. The van der Waals surface area contributed by atoms with Gasteiger partial charge < -0.3 is 10.2 Å². The number of nitrogens with zero attached hydrogens (tertiary/aromatic N) is 2. The summed E-state index contributed by atoms with van der Waals surface area (Å²) in [5.41, 5.74) is 0. The minimum atomic E-state index is -3.81. The second-order valence-electron chi connectivity index (χ2n) is 6.61. The van der Waals surface area contributed by atoms with Gasteiger partial charge in [-0.3, -0.25) is 9.59 Å². The fourth-order valence-electron chi connectivity index (χ4n) is 3.06. The molecule has 0 spiro atoms. The number of halogens is 1. The highest BCUT2D eigenvalue weighted by atomic mass is 32.2. The Balaban J connectivity index is 1.48. The van der Waals surface area contributed by atoms with Crippen molar-refractivity contribution in [3.8, 4) is 0 Å². The minimum absolute atomic E-state index is 0.0265. The molecule has 156 valence electrons. The summed E-state index contributed by atoms with van der Waals surface area (Å²) in [6.07, 6.45) is 2.95. The first-order chi connectivity index (χ1) is 13.8. The number of likely N-dealkylation sites (tertiary alicyclic amines) is 1. The predicted octanol–water partition coefficient (Wildman–Crippen LogP) is 1.83. The normalized spacial score (nSPS) is 17.1. The molecule has 1 unspecified atom stereocenters. The summed E-state index contributed by atoms with van der Waals surface area (Å²) in [5.74, 6) is -1.25. The van der Waals surface area contributed by atoms with E-state index < -0.39 is 15.8 Å². The Morgan fingerprint density at radius 2 is 2.03 bits per heavy atom. The van der Waals surface area contributed by atoms with E-state index in [4.69, 9.17) is 0 Å². The van der Waals surface area contributed by atoms with Crippen molar-refractivity contribution < 1.29 is 22.4 Å². The van der Waals surface area contributed by atoms with Crippen LogP contribution < -0.4 is 10.0 Å². The van der Waals surface area contributed by atoms with Crippen LogP contribution in [0.15, 0.2) is 40.7 Å². The fourth-order valence-corrected chi connectivity index (χ4v) is 4.62. The number of rotatable bonds is 7. The van der Waals surface area contributed by atoms with Crippen LogP contribution in [0.2, 0.25) is 0 Å². The van der Waals surface area contributed by atoms with E-state index in [9.17, 15) is 22.4 Å². The number of thiazole rings is 1. The summed E-state index contributed by atoms with van der Waals surface area (Å²) < 4.78 is 39.6. The lowest BCUT2D eigenvalue weighted by Crippen LogP contribution is -2.44. The van der Waals surface area contributed by atoms with Crippen LogP contribution in [0.3, 0.4) is 0 Å². The Morgan fingerprint density at radius 1 is 1.28 bits per heavy atom. The van der Waals surface area contributed by atoms with Crippen LogP contribution in [0.25, 0.3) is 0 Å². The molecule has 1 fully saturated rings. The van der Waals surface area contributed by atoms with Crippen LogP contribution >= 0.6 is 11.3 Å². The second-order valence-corrected chi connectivity index (χ2v) is 9.27. The molecule has 2 N–H and O–H groups in total. The van der Waals surface area contributed by atoms with Crippen LogP contribution in [0, 0.1) is 11.7 Å². The average Bonchev–Trinajstić information content (AvgIpc) is 3.21. The minimum Gasteiger partial charge on any atom is -0.342 e. The lowest BCUT2D eigenvalue weighted by atomic mass is 9.97. The summed E-state index contributed by atoms with van der Waals surface area (Å²) in [6, 6.07) is 4.44. The van der Waals surface area contributed by atoms with E-state index in [1.165, 1.54) is 11.3 Å². The zero-order valence-corrected chi connectivity index (χ0v) is 17.1. The first-order valence-corrected chi connectivity index (χ1v) is 11.4. The molecule has 1 aliphatic heterocycles. The number of sulfonamides is 1. The van der Waals surface area contributed by atoms with Gasteiger partial charge in [0.1, 0.15) is 5.82 Å². The first-order valence-electron chi connectivity index (χ1n) is 9.08. The molecule has 29 heavy (non-hydrogen) atoms. The van der Waals surface area contributed by atoms with Gasteiger partial charge in [0.2, 0.25) is 21.8 Å². The van der Waals surface area contributed by atoms with Crippen molar-refractivity contribution in [3.63, 3.8) is 0 Å². The van der Waals surface area contributed by atoms with E-state index in [-0.39, 0.29) is 35.6 Å². The van der Waals surface area contributed by atoms with E-state index in [2.05, 4.69) is 15.0 Å². The van der Waals surface area contributed by atoms with Crippen LogP contribution in [-0.4, -0.2) is 49.8 Å². The van der Waals surface area contributed by atoms with Crippen LogP contribution in [0.5, 0.6) is 0 Å². The van der Waals surface area contributed by atoms with Gasteiger partial charge in [0, 0.05) is 37.6 Å². The largest absolute Gasteiger partial charge is 0.342 e. The van der Waals surface area contributed by atoms with Crippen LogP contribution in [-0.2, 0) is 19.6 Å². The van der Waals surface area contributed by atoms with Crippen molar-refractivity contribution in [2.75, 3.05) is 25.0 Å². The zero-order valence-electron chi connectivity index (χ0n) is 15.5. The van der Waals surface area contributed by atoms with Gasteiger partial charge in [0.25, 0.3) is 0 Å². The Labute approximate surface area is 172 Å². The molecular formula is C18H21FN4O4S2. The molecule has 2 amide bonds. The summed E-state index contributed by atoms with van der Waals surface area (Å²) in [4.78, 5) is 30.3. The Morgan fingerprint density at radius 3 is 2.72 bits per heavy atom. The summed E-state index contributed by atoms with van der Waals surface area (Å²) in [6.45, 7) is 0.746. The van der Waals surface area contributed by atoms with Gasteiger partial charge in [0.05, 0.1) is 10.8 Å². The number of anilines is 1. The van der Waals surface area contributed by atoms with Gasteiger partial charge in [-0.2, -0.15) is 0 Å². The Hall–Kier alpha value is -2.37. The number of piperidine rings is 1. The number of benzene rings is 1. The number of hydrogen-bond donors (Lipinski definition) is 2. The molecule has 2 heterocycles. The molecule has 1 atom stereocenters. The topological polar surface area (TPSA) is 108 Å². The van der Waals surface area contributed by atoms with Crippen molar-refractivity contribution in [1.29, 1.82) is 0 Å². The molecule has 1 saturated heterocycles. The third-order valence-electron chi connectivity index (χ3n) is 4.56. The van der Waals surface area contributed by atoms with Crippen LogP contribution in [0.4, 0.5) is 9.52 Å². The van der Waals surface area contributed by atoms with Crippen molar-refractivity contribution in [2.24, 2.45) is 5.92 Å². The van der Waals surface area contributed by atoms with Gasteiger partial charge in [-0.15, -0.1) is 11.3 Å². The highest BCUT2D eigenvalue weighted by Crippen LogP contribution is 2.20. The maximum absolute atomic E-state index is 12.9. The molecule has 1 aliphatic rings. The summed E-state index contributed by atoms with van der Waals surface area (Å²) in [7, 11) is -3.81. The van der Waals surface area contributed by atoms with Gasteiger partial charge in [-0.1, -0.05) is 0 Å². The third kappa shape index (κ3) is 5.81. The zero-order chi connectivity index (χ0) is 20.9. The van der Waals surface area contributed by atoms with Crippen molar-refractivity contribution >= 4 is 38.3 Å². The van der Waals surface area contributed by atoms with E-state index in [0.29, 0.717) is 31.1 Å². The SMILES string of the molecule is O=C(Nc1nccs1)C1CCCN(C(=O)CCNS(=O)(=O)c2ccc(F)cc2)C1. The van der Waals surface area contributed by atoms with Crippen LogP contribution in [0.1, 0.15) is 19.3 Å². The van der Waals surface area contributed by atoms with Crippen molar-refractivity contribution in [2.45, 2.75) is 24.2 Å². The lowest BCUT2D eigenvalue weighted by Gasteiger charge is -2.32. The van der Waals surface area contributed by atoms with Crippen molar-refractivity contribution in [3.05, 3.63) is 41.7 Å². The number of carbonyl (C=O) groups is 2. The number of hydrogen-bond acceptors (Lipinski definition) is 6. The third-order valence-corrected chi connectivity index (χ3v) is 6.73. The molecule has 1 aromatic heterocycles. The van der Waals surface area contributed by atoms with Gasteiger partial charge >= 0.3 is 0 Å². The first kappa shape index (κ1) is 21.3. The highest BCUT2D eigenvalue weighted by Gasteiger charge is 2.28. The Kier molecular flexibility index (Phi) is 6.93. The van der Waals surface area contributed by atoms with E-state index in [0.717, 1.165) is 24.3 Å². The fraction of sp³-hybridized carbons (Fsp3) is 0.389. The maximum Gasteiger partial charge on any atom is 0.240 e. The quantitative estimate of drug-likeness (QED) is 0.683. The van der Waals surface area contributed by atoms with E-state index in [1.807, 2.05) is 0 Å². The predicted molar refractivity (Wildman–Crippen MR) is 106 cm³/mol. The number of nitrogens with one attached hydrogen (secondary N) is 2. The lowest BCUT2D eigenvalue weighted by molar-refractivity contribution is -0.134. The number of amides is 2. The molecule has 0 bridgehead atoms. The number of carbonyl (C=O) groups excluding carboxylic acids is 2. The molecular weight excluding hydrogens is 419 g/mol. The molecule has 0 radical (unpaired) electrons. The molecule has 3 rings (SSSR count). The molecule has 0 aliphatic carbocycles. The summed E-state index contributed by atoms with van der Waals surface area (Å²) >= 11 is 1.33. The molecule has 2 aromatic rings. The van der Waals surface area contributed by atoms with Gasteiger partial charge in [-0.25, -0.2) is 22.5 Å². The molecule has 1 aromatic carbocycles. The molecule has 8 nitrogen and oxygen atoms in total. The average molecular weight is 441 g/mol. The number of aromatic nitrogens is 1. The van der Waals surface area contributed by atoms with Crippen molar-refractivity contribution in [1.82, 2.24) is 14.6 Å². The Bertz CT molecular complexity index is 949. The molecule has 0 saturated carbocycles. The smallest absolute Gasteiger partial charge is 0.240 e. The van der Waals surface area contributed by atoms with Gasteiger partial charge in [-0.05, 0) is 37.1 Å². The second kappa shape index (κ2) is 9.42. The van der Waals surface area contributed by atoms with E-state index >= 15 is 0 Å². The maximum atomic E-state index is 12.9. The molecule has 11 heteroatoms. The van der Waals surface area contributed by atoms with Gasteiger partial charge in [0.15, 0.2) is 5.13 Å². The van der Waals surface area contributed by atoms with E-state index in [1.54, 1.807) is 16.5 Å². The highest BCUT2D eigenvalue weighted by molar-refractivity contribution is 7.89. The standard InChI is InChI=1S/C18H21FN4O4S2/c19-14-3-5-15(6-4-14)29(26,27)21-8-7-16(24)23-10-1-2-13(12-23)17(25)22-18-20-9-11-28-18/h3-6,9,11,13,21H,1-2,7-8,10,12H2,(H,20,22,25).